The van der Waals surface area contributed by atoms with E-state index in [9.17, 15) is 14.0 Å². The first-order valence-electron chi connectivity index (χ1n) is 11.7. The highest BCUT2D eigenvalue weighted by molar-refractivity contribution is 14.1. The minimum absolute atomic E-state index is 0.260. The second-order valence-corrected chi connectivity index (χ2v) is 9.48. The maximum Gasteiger partial charge on any atom is 0.271 e. The smallest absolute Gasteiger partial charge is 0.271 e. The van der Waals surface area contributed by atoms with Crippen molar-refractivity contribution in [2.75, 3.05) is 37.0 Å². The highest BCUT2D eigenvalue weighted by atomic mass is 127. The average Bonchev–Trinajstić information content (AvgIpc) is 3.44. The number of hydrazone groups is 1. The van der Waals surface area contributed by atoms with Crippen molar-refractivity contribution in [1.82, 2.24) is 5.43 Å². The fraction of sp³-hybridized carbons (Fsp3) is 0.222. The molecule has 4 rings (SSSR count). The number of hydrogen-bond donors (Lipinski definition) is 2. The number of anilines is 2. The van der Waals surface area contributed by atoms with Crippen molar-refractivity contribution in [2.24, 2.45) is 5.10 Å². The third kappa shape index (κ3) is 7.19. The Morgan fingerprint density at radius 2 is 1.78 bits per heavy atom. The molecule has 0 unspecified atom stereocenters. The number of rotatable bonds is 9. The number of nitrogens with zero attached hydrogens (tertiary/aromatic N) is 2. The molecule has 2 N–H and O–H groups in total. The number of ether oxygens (including phenoxy) is 2. The van der Waals surface area contributed by atoms with E-state index in [1.165, 1.54) is 50.4 Å². The molecule has 3 aromatic rings. The molecule has 8 nitrogen and oxygen atoms in total. The molecule has 192 valence electrons. The summed E-state index contributed by atoms with van der Waals surface area (Å²) in [5, 5.41) is 6.70. The van der Waals surface area contributed by atoms with Gasteiger partial charge in [-0.2, -0.15) is 5.10 Å². The van der Waals surface area contributed by atoms with Gasteiger partial charge in [-0.3, -0.25) is 9.59 Å². The van der Waals surface area contributed by atoms with E-state index < -0.39 is 5.91 Å². The first-order valence-corrected chi connectivity index (χ1v) is 12.7. The topological polar surface area (TPSA) is 92.3 Å². The predicted molar refractivity (Wildman–Crippen MR) is 149 cm³/mol. The number of carbonyl (C=O) groups excluding carboxylic acids is 2. The molecule has 0 saturated carbocycles. The van der Waals surface area contributed by atoms with E-state index >= 15 is 0 Å². The lowest BCUT2D eigenvalue weighted by molar-refractivity contribution is -0.118. The summed E-state index contributed by atoms with van der Waals surface area (Å²) in [5.41, 5.74) is 5.32. The van der Waals surface area contributed by atoms with Crippen molar-refractivity contribution < 1.29 is 23.5 Å². The molecule has 0 radical (unpaired) electrons. The van der Waals surface area contributed by atoms with Gasteiger partial charge in [0.2, 0.25) is 0 Å². The van der Waals surface area contributed by atoms with Gasteiger partial charge >= 0.3 is 0 Å². The minimum atomic E-state index is -0.397. The summed E-state index contributed by atoms with van der Waals surface area (Å²) in [6, 6.07) is 16.4. The summed E-state index contributed by atoms with van der Waals surface area (Å²) >= 11 is 2.07. The largest absolute Gasteiger partial charge is 0.493 e. The first kappa shape index (κ1) is 26.4. The maximum absolute atomic E-state index is 13.0. The molecule has 37 heavy (non-hydrogen) atoms. The third-order valence-corrected chi connectivity index (χ3v) is 6.51. The fourth-order valence-corrected chi connectivity index (χ4v) is 4.63. The monoisotopic (exact) mass is 616 g/mol. The molecule has 1 fully saturated rings. The Labute approximate surface area is 228 Å². The Balaban J connectivity index is 1.33. The lowest BCUT2D eigenvalue weighted by Crippen LogP contribution is -2.20. The van der Waals surface area contributed by atoms with Crippen molar-refractivity contribution in [3.05, 3.63) is 81.2 Å². The van der Waals surface area contributed by atoms with Crippen molar-refractivity contribution in [1.29, 1.82) is 0 Å². The maximum atomic E-state index is 13.0. The lowest BCUT2D eigenvalue weighted by Gasteiger charge is -2.17. The number of carbonyl (C=O) groups is 2. The zero-order valence-electron chi connectivity index (χ0n) is 20.2. The van der Waals surface area contributed by atoms with Gasteiger partial charge in [-0.05, 0) is 102 Å². The van der Waals surface area contributed by atoms with Crippen LogP contribution in [0.2, 0.25) is 0 Å². The molecule has 1 aliphatic rings. The Bertz CT molecular complexity index is 1280. The van der Waals surface area contributed by atoms with Gasteiger partial charge in [0.15, 0.2) is 18.1 Å². The van der Waals surface area contributed by atoms with Crippen LogP contribution in [0.15, 0.2) is 65.8 Å². The van der Waals surface area contributed by atoms with E-state index in [0.717, 1.165) is 18.8 Å². The number of nitrogens with one attached hydrogen (secondary N) is 2. The summed E-state index contributed by atoms with van der Waals surface area (Å²) in [5.74, 6) is -0.281. The Morgan fingerprint density at radius 3 is 2.46 bits per heavy atom. The minimum Gasteiger partial charge on any atom is -0.493 e. The van der Waals surface area contributed by atoms with Crippen LogP contribution in [0, 0.1) is 9.39 Å². The number of benzene rings is 3. The summed E-state index contributed by atoms with van der Waals surface area (Å²) < 4.78 is 24.8. The zero-order valence-corrected chi connectivity index (χ0v) is 22.3. The molecule has 1 aliphatic heterocycles. The quantitative estimate of drug-likeness (QED) is 0.205. The highest BCUT2D eigenvalue weighted by Crippen LogP contribution is 2.33. The van der Waals surface area contributed by atoms with Crippen LogP contribution >= 0.6 is 22.6 Å². The van der Waals surface area contributed by atoms with Crippen LogP contribution in [0.3, 0.4) is 0 Å². The molecule has 0 bridgehead atoms. The second-order valence-electron chi connectivity index (χ2n) is 8.32. The summed E-state index contributed by atoms with van der Waals surface area (Å²) in [4.78, 5) is 27.0. The van der Waals surface area contributed by atoms with Crippen LogP contribution in [0.1, 0.15) is 28.8 Å². The van der Waals surface area contributed by atoms with Gasteiger partial charge in [-0.25, -0.2) is 9.82 Å². The standard InChI is InChI=1S/C27H26FIN4O4/c1-36-24-15-18(14-23(29)26(24)37-17-25(34)31-21-8-6-20(28)7-9-21)16-30-32-27(35)19-4-10-22(11-5-19)33-12-2-3-13-33/h4-11,14-16H,2-3,12-13,17H2,1H3,(H,31,34)(H,32,35)/b30-16-. The highest BCUT2D eigenvalue weighted by Gasteiger charge is 2.15. The van der Waals surface area contributed by atoms with Gasteiger partial charge in [0, 0.05) is 30.0 Å². The molecule has 2 amide bonds. The summed E-state index contributed by atoms with van der Waals surface area (Å²) in [6.45, 7) is 1.83. The van der Waals surface area contributed by atoms with Gasteiger partial charge in [0.25, 0.3) is 11.8 Å². The van der Waals surface area contributed by atoms with Gasteiger partial charge in [0.05, 0.1) is 16.9 Å². The molecule has 0 aliphatic carbocycles. The van der Waals surface area contributed by atoms with E-state index in [-0.39, 0.29) is 18.3 Å². The van der Waals surface area contributed by atoms with Crippen LogP contribution in [0.5, 0.6) is 11.5 Å². The predicted octanol–water partition coefficient (Wildman–Crippen LogP) is 4.82. The Kier molecular flexibility index (Phi) is 8.94. The molecule has 1 heterocycles. The lowest BCUT2D eigenvalue weighted by atomic mass is 10.2. The normalized spacial score (nSPS) is 13.0. The summed E-state index contributed by atoms with van der Waals surface area (Å²) in [6.07, 6.45) is 3.90. The first-order chi connectivity index (χ1) is 17.9. The Hall–Kier alpha value is -3.67. The van der Waals surface area contributed by atoms with Gasteiger partial charge < -0.3 is 19.7 Å². The second kappa shape index (κ2) is 12.5. The fourth-order valence-electron chi connectivity index (χ4n) is 3.85. The zero-order chi connectivity index (χ0) is 26.2. The van der Waals surface area contributed by atoms with Crippen molar-refractivity contribution >= 4 is 52.0 Å². The number of halogens is 2. The van der Waals surface area contributed by atoms with Crippen LogP contribution in [-0.2, 0) is 4.79 Å². The van der Waals surface area contributed by atoms with Gasteiger partial charge in [-0.15, -0.1) is 0 Å². The van der Waals surface area contributed by atoms with Crippen molar-refractivity contribution in [3.8, 4) is 11.5 Å². The number of hydrogen-bond acceptors (Lipinski definition) is 6. The van der Waals surface area contributed by atoms with E-state index in [1.807, 2.05) is 12.1 Å². The molecule has 3 aromatic carbocycles. The van der Waals surface area contributed by atoms with E-state index in [2.05, 4.69) is 43.3 Å². The molecular weight excluding hydrogens is 590 g/mol. The van der Waals surface area contributed by atoms with Crippen LogP contribution < -0.4 is 25.1 Å². The molecule has 0 atom stereocenters. The molecule has 1 saturated heterocycles. The number of methoxy groups -OCH3 is 1. The SMILES string of the molecule is COc1cc(/C=N\NC(=O)c2ccc(N3CCCC3)cc2)cc(I)c1OCC(=O)Nc1ccc(F)cc1. The van der Waals surface area contributed by atoms with Crippen molar-refractivity contribution in [3.63, 3.8) is 0 Å². The van der Waals surface area contributed by atoms with Crippen LogP contribution in [0.4, 0.5) is 15.8 Å². The average molecular weight is 616 g/mol. The molecule has 0 spiro atoms. The summed E-state index contributed by atoms with van der Waals surface area (Å²) in [7, 11) is 1.49. The van der Waals surface area contributed by atoms with Crippen LogP contribution in [0.25, 0.3) is 0 Å². The molecule has 0 aromatic heterocycles. The van der Waals surface area contributed by atoms with Crippen molar-refractivity contribution in [2.45, 2.75) is 12.8 Å². The third-order valence-electron chi connectivity index (χ3n) is 5.71. The van der Waals surface area contributed by atoms with E-state index in [0.29, 0.717) is 31.9 Å². The Morgan fingerprint density at radius 1 is 1.08 bits per heavy atom. The van der Waals surface area contributed by atoms with E-state index in [1.54, 1.807) is 24.3 Å². The van der Waals surface area contributed by atoms with Crippen LogP contribution in [-0.4, -0.2) is 44.8 Å². The number of amides is 2. The molecular formula is C27H26FIN4O4. The van der Waals surface area contributed by atoms with E-state index in [4.69, 9.17) is 9.47 Å². The molecule has 10 heteroatoms. The van der Waals surface area contributed by atoms with Gasteiger partial charge in [-0.1, -0.05) is 0 Å². The van der Waals surface area contributed by atoms with Gasteiger partial charge in [0.1, 0.15) is 5.82 Å².